The van der Waals surface area contributed by atoms with Gasteiger partial charge < -0.3 is 10.2 Å². The Kier molecular flexibility index (Phi) is 3.41. The summed E-state index contributed by atoms with van der Waals surface area (Å²) < 4.78 is 13.7. The van der Waals surface area contributed by atoms with Gasteiger partial charge in [0.2, 0.25) is 5.95 Å². The van der Waals surface area contributed by atoms with Gasteiger partial charge in [-0.3, -0.25) is 0 Å². The number of hydrogen-bond donors (Lipinski definition) is 1. The Morgan fingerprint density at radius 3 is 2.56 bits per heavy atom. The number of benzene rings is 2. The molecule has 1 N–H and O–H groups in total. The first-order chi connectivity index (χ1) is 12.3. The molecule has 5 rings (SSSR count). The molecule has 2 aliphatic rings. The molecule has 2 aliphatic heterocycles. The van der Waals surface area contributed by atoms with Gasteiger partial charge in [0.15, 0.2) is 0 Å². The summed E-state index contributed by atoms with van der Waals surface area (Å²) in [7, 11) is 0. The van der Waals surface area contributed by atoms with Crippen LogP contribution in [0.1, 0.15) is 0 Å². The van der Waals surface area contributed by atoms with Gasteiger partial charge >= 0.3 is 0 Å². The van der Waals surface area contributed by atoms with E-state index < -0.39 is 0 Å². The van der Waals surface area contributed by atoms with Gasteiger partial charge in [0.1, 0.15) is 5.82 Å². The van der Waals surface area contributed by atoms with Crippen molar-refractivity contribution in [3.63, 3.8) is 0 Å². The molecule has 0 saturated carbocycles. The molecule has 3 heterocycles. The minimum absolute atomic E-state index is 0.247. The number of nitrogens with zero attached hydrogens (tertiary/aromatic N) is 3. The average molecular weight is 334 g/mol. The Hall–Kier alpha value is -2.53. The molecule has 0 radical (unpaired) electrons. The molecule has 2 atom stereocenters. The van der Waals surface area contributed by atoms with Crippen LogP contribution >= 0.6 is 0 Å². The van der Waals surface area contributed by atoms with Crippen LogP contribution in [0, 0.1) is 17.7 Å². The average Bonchev–Trinajstić information content (AvgIpc) is 3.23. The van der Waals surface area contributed by atoms with Crippen LogP contribution < -0.4 is 10.2 Å². The molecule has 3 aromatic rings. The molecular formula is C20H19FN4. The van der Waals surface area contributed by atoms with Crippen LogP contribution in [-0.2, 0) is 0 Å². The Morgan fingerprint density at radius 2 is 1.76 bits per heavy atom. The third-order valence-corrected chi connectivity index (χ3v) is 5.36. The highest BCUT2D eigenvalue weighted by Crippen LogP contribution is 2.32. The maximum absolute atomic E-state index is 13.7. The zero-order chi connectivity index (χ0) is 16.8. The lowest BCUT2D eigenvalue weighted by molar-refractivity contribution is 0.533. The van der Waals surface area contributed by atoms with Crippen molar-refractivity contribution < 1.29 is 4.39 Å². The molecular weight excluding hydrogens is 315 g/mol. The fourth-order valence-electron chi connectivity index (χ4n) is 4.08. The summed E-state index contributed by atoms with van der Waals surface area (Å²) in [6.45, 7) is 4.12. The van der Waals surface area contributed by atoms with Gasteiger partial charge in [-0.05, 0) is 30.0 Å². The normalized spacial score (nSPS) is 22.5. The molecule has 4 nitrogen and oxygen atoms in total. The lowest BCUT2D eigenvalue weighted by atomic mass is 10.0. The van der Waals surface area contributed by atoms with E-state index in [0.29, 0.717) is 11.8 Å². The predicted molar refractivity (Wildman–Crippen MR) is 97.0 cm³/mol. The second-order valence-corrected chi connectivity index (χ2v) is 6.98. The van der Waals surface area contributed by atoms with Crippen molar-refractivity contribution in [2.24, 2.45) is 11.8 Å². The predicted octanol–water partition coefficient (Wildman–Crippen LogP) is 3.09. The number of rotatable bonds is 2. The molecule has 126 valence electrons. The van der Waals surface area contributed by atoms with Crippen molar-refractivity contribution in [2.45, 2.75) is 0 Å². The highest BCUT2D eigenvalue weighted by atomic mass is 19.1. The number of anilines is 1. The van der Waals surface area contributed by atoms with E-state index in [1.54, 1.807) is 12.1 Å². The summed E-state index contributed by atoms with van der Waals surface area (Å²) in [5.41, 5.74) is 2.50. The minimum atomic E-state index is -0.247. The summed E-state index contributed by atoms with van der Waals surface area (Å²) in [5, 5.41) is 4.42. The molecule has 2 aromatic carbocycles. The molecule has 2 saturated heterocycles. The third-order valence-electron chi connectivity index (χ3n) is 5.36. The molecule has 2 fully saturated rings. The van der Waals surface area contributed by atoms with E-state index in [1.165, 1.54) is 6.07 Å². The van der Waals surface area contributed by atoms with Crippen molar-refractivity contribution >= 4 is 16.9 Å². The van der Waals surface area contributed by atoms with Gasteiger partial charge in [0, 0.05) is 37.1 Å². The van der Waals surface area contributed by atoms with Crippen LogP contribution in [0.5, 0.6) is 0 Å². The summed E-state index contributed by atoms with van der Waals surface area (Å²) in [6, 6.07) is 14.6. The van der Waals surface area contributed by atoms with Gasteiger partial charge in [-0.1, -0.05) is 30.3 Å². The second kappa shape index (κ2) is 5.77. The van der Waals surface area contributed by atoms with Gasteiger partial charge in [-0.25, -0.2) is 14.4 Å². The number of fused-ring (bicyclic) bond motifs is 2. The molecule has 2 unspecified atom stereocenters. The Morgan fingerprint density at radius 1 is 0.960 bits per heavy atom. The molecule has 0 spiro atoms. The SMILES string of the molecule is Fc1cccc(-c2nc(N3CC4CNCC4C3)nc3ccccc23)c1. The van der Waals surface area contributed by atoms with Gasteiger partial charge in [-0.2, -0.15) is 0 Å². The van der Waals surface area contributed by atoms with Crippen LogP contribution in [0.25, 0.3) is 22.2 Å². The third kappa shape index (κ3) is 2.55. The number of aromatic nitrogens is 2. The lowest BCUT2D eigenvalue weighted by Crippen LogP contribution is -2.27. The highest BCUT2D eigenvalue weighted by molar-refractivity contribution is 5.93. The lowest BCUT2D eigenvalue weighted by Gasteiger charge is -2.19. The summed E-state index contributed by atoms with van der Waals surface area (Å²) >= 11 is 0. The number of para-hydroxylation sites is 1. The van der Waals surface area contributed by atoms with Crippen LogP contribution in [0.15, 0.2) is 48.5 Å². The van der Waals surface area contributed by atoms with E-state index in [2.05, 4.69) is 10.2 Å². The molecule has 1 aromatic heterocycles. The topological polar surface area (TPSA) is 41.1 Å². The zero-order valence-corrected chi connectivity index (χ0v) is 13.8. The number of hydrogen-bond acceptors (Lipinski definition) is 4. The Bertz CT molecular complexity index is 930. The van der Waals surface area contributed by atoms with Crippen molar-refractivity contribution in [3.05, 3.63) is 54.3 Å². The maximum atomic E-state index is 13.7. The first-order valence-corrected chi connectivity index (χ1v) is 8.76. The zero-order valence-electron chi connectivity index (χ0n) is 13.8. The summed E-state index contributed by atoms with van der Waals surface area (Å²) in [6.07, 6.45) is 0. The van der Waals surface area contributed by atoms with E-state index in [0.717, 1.165) is 54.3 Å². The van der Waals surface area contributed by atoms with Crippen molar-refractivity contribution in [1.29, 1.82) is 0 Å². The monoisotopic (exact) mass is 334 g/mol. The molecule has 0 aliphatic carbocycles. The van der Waals surface area contributed by atoms with Gasteiger partial charge in [0.05, 0.1) is 11.2 Å². The molecule has 5 heteroatoms. The first-order valence-electron chi connectivity index (χ1n) is 8.76. The number of halogens is 1. The quantitative estimate of drug-likeness (QED) is 0.782. The summed E-state index contributed by atoms with van der Waals surface area (Å²) in [5.74, 6) is 1.86. The van der Waals surface area contributed by atoms with E-state index in [1.807, 2.05) is 30.3 Å². The fourth-order valence-corrected chi connectivity index (χ4v) is 4.08. The van der Waals surface area contributed by atoms with Gasteiger partial charge in [-0.15, -0.1) is 0 Å². The largest absolute Gasteiger partial charge is 0.340 e. The molecule has 25 heavy (non-hydrogen) atoms. The van der Waals surface area contributed by atoms with E-state index in [-0.39, 0.29) is 5.82 Å². The highest BCUT2D eigenvalue weighted by Gasteiger charge is 2.37. The van der Waals surface area contributed by atoms with Crippen molar-refractivity contribution in [3.8, 4) is 11.3 Å². The van der Waals surface area contributed by atoms with Crippen LogP contribution in [0.3, 0.4) is 0 Å². The molecule has 0 amide bonds. The van der Waals surface area contributed by atoms with Crippen LogP contribution in [0.4, 0.5) is 10.3 Å². The van der Waals surface area contributed by atoms with Crippen molar-refractivity contribution in [1.82, 2.24) is 15.3 Å². The smallest absolute Gasteiger partial charge is 0.226 e. The Labute approximate surface area is 145 Å². The van der Waals surface area contributed by atoms with Gasteiger partial charge in [0.25, 0.3) is 0 Å². The second-order valence-electron chi connectivity index (χ2n) is 6.98. The summed E-state index contributed by atoms with van der Waals surface area (Å²) in [4.78, 5) is 11.9. The van der Waals surface area contributed by atoms with Crippen LogP contribution in [0.2, 0.25) is 0 Å². The fraction of sp³-hybridized carbons (Fsp3) is 0.300. The maximum Gasteiger partial charge on any atom is 0.226 e. The van der Waals surface area contributed by atoms with Crippen molar-refractivity contribution in [2.75, 3.05) is 31.1 Å². The standard InChI is InChI=1S/C20H19FN4/c21-16-5-3-4-13(8-16)19-17-6-1-2-7-18(17)23-20(24-19)25-11-14-9-22-10-15(14)12-25/h1-8,14-15,22H,9-12H2. The van der Waals surface area contributed by atoms with E-state index in [9.17, 15) is 4.39 Å². The number of nitrogens with one attached hydrogen (secondary N) is 1. The van der Waals surface area contributed by atoms with E-state index >= 15 is 0 Å². The minimum Gasteiger partial charge on any atom is -0.340 e. The molecule has 0 bridgehead atoms. The van der Waals surface area contributed by atoms with Crippen LogP contribution in [-0.4, -0.2) is 36.1 Å². The Balaban J connectivity index is 1.63. The van der Waals surface area contributed by atoms with E-state index in [4.69, 9.17) is 9.97 Å². The first kappa shape index (κ1) is 14.8.